The van der Waals surface area contributed by atoms with E-state index in [1.807, 2.05) is 0 Å². The minimum atomic E-state index is -3.75. The van der Waals surface area contributed by atoms with Gasteiger partial charge in [0.1, 0.15) is 4.90 Å². The Labute approximate surface area is 120 Å². The van der Waals surface area contributed by atoms with Gasteiger partial charge < -0.3 is 5.43 Å². The van der Waals surface area contributed by atoms with Gasteiger partial charge in [0.05, 0.1) is 11.4 Å². The first-order valence-electron chi connectivity index (χ1n) is 6.02. The fourth-order valence-corrected chi connectivity index (χ4v) is 4.52. The smallest absolute Gasteiger partial charge is 0.267 e. The predicted octanol–water partition coefficient (Wildman–Crippen LogP) is 1.11. The maximum atomic E-state index is 12.3. The summed E-state index contributed by atoms with van der Waals surface area (Å²) in [6.07, 6.45) is 5.68. The molecule has 0 amide bonds. The number of pyridine rings is 1. The molecule has 1 aliphatic rings. The van der Waals surface area contributed by atoms with Crippen molar-refractivity contribution in [3.63, 3.8) is 0 Å². The third-order valence-corrected chi connectivity index (χ3v) is 5.62. The van der Waals surface area contributed by atoms with Gasteiger partial charge in [-0.2, -0.15) is 0 Å². The average molecular weight is 311 g/mol. The minimum absolute atomic E-state index is 0.00198. The van der Waals surface area contributed by atoms with Crippen molar-refractivity contribution in [1.29, 1.82) is 0 Å². The number of anilines is 2. The fourth-order valence-electron chi connectivity index (χ4n) is 2.12. The van der Waals surface area contributed by atoms with Crippen molar-refractivity contribution in [2.24, 2.45) is 5.84 Å². The number of rotatable bonds is 4. The molecule has 2 heterocycles. The van der Waals surface area contributed by atoms with E-state index in [4.69, 9.17) is 5.84 Å². The van der Waals surface area contributed by atoms with Gasteiger partial charge in [-0.3, -0.25) is 15.5 Å². The van der Waals surface area contributed by atoms with Crippen LogP contribution in [0.1, 0.15) is 17.0 Å². The number of nitrogens with one attached hydrogen (secondary N) is 2. The molecule has 4 N–H and O–H groups in total. The number of sulfonamides is 1. The van der Waals surface area contributed by atoms with Gasteiger partial charge in [-0.25, -0.2) is 13.4 Å². The Hall–Kier alpha value is -1.71. The largest absolute Gasteiger partial charge is 0.323 e. The molecule has 2 aromatic rings. The number of fused-ring (bicyclic) bond motifs is 1. The Bertz CT molecular complexity index is 720. The number of hydrogen-bond acceptors (Lipinski definition) is 7. The van der Waals surface area contributed by atoms with Crippen molar-refractivity contribution in [3.05, 3.63) is 29.0 Å². The number of aromatic nitrogens is 2. The van der Waals surface area contributed by atoms with Gasteiger partial charge in [-0.05, 0) is 25.3 Å². The van der Waals surface area contributed by atoms with E-state index < -0.39 is 10.0 Å². The lowest BCUT2D eigenvalue weighted by Gasteiger charge is -2.09. The third-order valence-electron chi connectivity index (χ3n) is 3.05. The van der Waals surface area contributed by atoms with Gasteiger partial charge in [0.2, 0.25) is 0 Å². The molecule has 0 aliphatic heterocycles. The van der Waals surface area contributed by atoms with Crippen LogP contribution < -0.4 is 16.0 Å². The molecular formula is C11H13N5O2S2. The van der Waals surface area contributed by atoms with Crippen LogP contribution >= 0.6 is 11.3 Å². The summed E-state index contributed by atoms with van der Waals surface area (Å²) in [5.74, 6) is 5.32. The molecule has 0 saturated carbocycles. The highest BCUT2D eigenvalue weighted by molar-refractivity contribution is 7.93. The van der Waals surface area contributed by atoms with Gasteiger partial charge in [0.15, 0.2) is 5.13 Å². The van der Waals surface area contributed by atoms with Crippen LogP contribution in [0.2, 0.25) is 0 Å². The molecule has 1 aliphatic carbocycles. The second-order valence-corrected chi connectivity index (χ2v) is 7.10. The molecule has 7 nitrogen and oxygen atoms in total. The van der Waals surface area contributed by atoms with Crippen LogP contribution in [0.3, 0.4) is 0 Å². The van der Waals surface area contributed by atoms with Gasteiger partial charge in [-0.1, -0.05) is 0 Å². The van der Waals surface area contributed by atoms with Gasteiger partial charge in [-0.15, -0.1) is 11.3 Å². The number of nitrogen functional groups attached to an aromatic ring is 1. The second-order valence-electron chi connectivity index (χ2n) is 4.36. The number of nitrogens with two attached hydrogens (primary N) is 1. The van der Waals surface area contributed by atoms with Crippen LogP contribution in [-0.2, 0) is 22.9 Å². The van der Waals surface area contributed by atoms with E-state index in [2.05, 4.69) is 20.1 Å². The molecule has 9 heteroatoms. The summed E-state index contributed by atoms with van der Waals surface area (Å²) < 4.78 is 27.1. The Morgan fingerprint density at radius 2 is 2.20 bits per heavy atom. The first-order valence-corrected chi connectivity index (χ1v) is 8.32. The quantitative estimate of drug-likeness (QED) is 0.576. The molecule has 0 aromatic carbocycles. The molecule has 0 bridgehead atoms. The summed E-state index contributed by atoms with van der Waals surface area (Å²) in [5.41, 5.74) is 3.64. The van der Waals surface area contributed by atoms with Gasteiger partial charge in [0, 0.05) is 17.3 Å². The molecule has 0 atom stereocenters. The lowest BCUT2D eigenvalue weighted by molar-refractivity contribution is 0.601. The van der Waals surface area contributed by atoms with E-state index in [0.29, 0.717) is 5.13 Å². The lowest BCUT2D eigenvalue weighted by atomic mass is 10.4. The zero-order valence-corrected chi connectivity index (χ0v) is 12.1. The van der Waals surface area contributed by atoms with Crippen molar-refractivity contribution in [2.45, 2.75) is 24.2 Å². The van der Waals surface area contributed by atoms with Crippen molar-refractivity contribution in [1.82, 2.24) is 9.97 Å². The first-order chi connectivity index (χ1) is 9.60. The second kappa shape index (κ2) is 5.00. The third kappa shape index (κ3) is 2.35. The van der Waals surface area contributed by atoms with Crippen LogP contribution in [-0.4, -0.2) is 18.4 Å². The van der Waals surface area contributed by atoms with Crippen LogP contribution in [0.5, 0.6) is 0 Å². The Balaban J connectivity index is 1.92. The zero-order chi connectivity index (χ0) is 14.2. The van der Waals surface area contributed by atoms with Gasteiger partial charge in [0.25, 0.3) is 10.0 Å². The number of hydrazine groups is 1. The average Bonchev–Trinajstić information content (AvgIpc) is 2.99. The van der Waals surface area contributed by atoms with Crippen molar-refractivity contribution in [2.75, 3.05) is 10.1 Å². The summed E-state index contributed by atoms with van der Waals surface area (Å²) >= 11 is 1.38. The lowest BCUT2D eigenvalue weighted by Crippen LogP contribution is -2.17. The molecule has 0 radical (unpaired) electrons. The van der Waals surface area contributed by atoms with Crippen molar-refractivity contribution < 1.29 is 8.42 Å². The highest BCUT2D eigenvalue weighted by Gasteiger charge is 2.23. The normalized spacial score (nSPS) is 14.1. The number of thiazole rings is 1. The maximum absolute atomic E-state index is 12.3. The summed E-state index contributed by atoms with van der Waals surface area (Å²) in [4.78, 5) is 9.29. The van der Waals surface area contributed by atoms with Crippen molar-refractivity contribution >= 4 is 32.2 Å². The molecule has 0 spiro atoms. The summed E-state index contributed by atoms with van der Waals surface area (Å²) in [5, 5.41) is 0.390. The SMILES string of the molecule is NNc1ccncc1S(=O)(=O)Nc1nc2c(s1)CCC2. The Morgan fingerprint density at radius 3 is 2.95 bits per heavy atom. The predicted molar refractivity (Wildman–Crippen MR) is 77.0 cm³/mol. The summed E-state index contributed by atoms with van der Waals surface area (Å²) in [6.45, 7) is 0. The van der Waals surface area contributed by atoms with E-state index in [-0.39, 0.29) is 10.6 Å². The van der Waals surface area contributed by atoms with E-state index in [1.54, 1.807) is 0 Å². The minimum Gasteiger partial charge on any atom is -0.323 e. The van der Waals surface area contributed by atoms with Gasteiger partial charge >= 0.3 is 0 Å². The van der Waals surface area contributed by atoms with E-state index in [0.717, 1.165) is 29.8 Å². The monoisotopic (exact) mass is 311 g/mol. The molecule has 0 fully saturated rings. The first kappa shape index (κ1) is 13.3. The Morgan fingerprint density at radius 1 is 1.35 bits per heavy atom. The van der Waals surface area contributed by atoms with Crippen LogP contribution in [0.4, 0.5) is 10.8 Å². The number of hydrogen-bond donors (Lipinski definition) is 3. The number of aryl methyl sites for hydroxylation is 2. The molecule has 106 valence electrons. The van der Waals surface area contributed by atoms with E-state index >= 15 is 0 Å². The highest BCUT2D eigenvalue weighted by atomic mass is 32.2. The zero-order valence-electron chi connectivity index (χ0n) is 10.5. The molecule has 3 rings (SSSR count). The number of nitrogens with zero attached hydrogens (tertiary/aromatic N) is 2. The fraction of sp³-hybridized carbons (Fsp3) is 0.273. The summed E-state index contributed by atoms with van der Waals surface area (Å²) in [7, 11) is -3.75. The van der Waals surface area contributed by atoms with Crippen molar-refractivity contribution in [3.8, 4) is 0 Å². The maximum Gasteiger partial charge on any atom is 0.267 e. The van der Waals surface area contributed by atoms with Crippen LogP contribution in [0.25, 0.3) is 0 Å². The van der Waals surface area contributed by atoms with E-state index in [1.165, 1.54) is 29.8 Å². The van der Waals surface area contributed by atoms with Crippen LogP contribution in [0.15, 0.2) is 23.4 Å². The summed E-state index contributed by atoms with van der Waals surface area (Å²) in [6, 6.07) is 1.50. The topological polar surface area (TPSA) is 110 Å². The standard InChI is InChI=1S/C11H13N5O2S2/c12-15-8-4-5-13-6-10(8)20(17,18)16-11-14-7-2-1-3-9(7)19-11/h4-6H,1-3,12H2,(H,13,15)(H,14,16). The van der Waals surface area contributed by atoms with E-state index in [9.17, 15) is 8.42 Å². The molecule has 0 saturated heterocycles. The van der Waals surface area contributed by atoms with Crippen LogP contribution in [0, 0.1) is 0 Å². The molecular weight excluding hydrogens is 298 g/mol. The molecule has 20 heavy (non-hydrogen) atoms. The molecule has 0 unspecified atom stereocenters. The Kier molecular flexibility index (Phi) is 3.32. The highest BCUT2D eigenvalue weighted by Crippen LogP contribution is 2.32. The molecule has 2 aromatic heterocycles.